The first-order valence-corrected chi connectivity index (χ1v) is 44.7. The molecule has 3 N–H and O–H groups in total. The third-order valence-corrected chi connectivity index (χ3v) is 18.5. The summed E-state index contributed by atoms with van der Waals surface area (Å²) in [5, 5.41) is 10.7. The lowest BCUT2D eigenvalue weighted by Crippen LogP contribution is -2.30. The maximum Gasteiger partial charge on any atom is 0.472 e. The zero-order valence-corrected chi connectivity index (χ0v) is 69.9. The minimum atomic E-state index is -5.01. The molecule has 0 aliphatic rings. The van der Waals surface area contributed by atoms with Gasteiger partial charge < -0.3 is 33.8 Å². The first kappa shape index (κ1) is 104. The molecule has 0 fully saturated rings. The molecule has 0 amide bonds. The highest BCUT2D eigenvalue weighted by atomic mass is 31.2. The third kappa shape index (κ3) is 80.0. The number of carbonyl (C=O) groups is 4. The minimum Gasteiger partial charge on any atom is -0.462 e. The van der Waals surface area contributed by atoms with E-state index in [0.29, 0.717) is 32.1 Å². The Morgan fingerprint density at radius 2 is 0.491 bits per heavy atom. The normalized spacial score (nSPS) is 14.8. The summed E-state index contributed by atoms with van der Waals surface area (Å²) in [7, 11) is -10.0. The van der Waals surface area contributed by atoms with Crippen LogP contribution in [0.2, 0.25) is 0 Å². The SMILES string of the molecule is CC/C=C\C/C=C\C/C=C\C/C=C\C/C=C\C/C=C\CCC(=O)OCC(COP(=O)(O)OCC(O)COP(=O)(O)OCC(COC(=O)CCCCC/C=C\C/C=C\C/C=C\C/C=C\C/C=C\CC)OC(=O)CCCCC/C=C\C/C=C\C/C=C\C/C=C\C/C=C\CC)OC(=O)CCCCCCCCCCCCCCC. The average molecular weight is 1570 g/mol. The van der Waals surface area contributed by atoms with Crippen molar-refractivity contribution in [2.45, 2.75) is 316 Å². The van der Waals surface area contributed by atoms with Gasteiger partial charge in [-0.2, -0.15) is 0 Å². The predicted molar refractivity (Wildman–Crippen MR) is 454 cm³/mol. The number of aliphatic hydroxyl groups is 1. The number of esters is 4. The molecular weight excluding hydrogens is 1430 g/mol. The van der Waals surface area contributed by atoms with Crippen molar-refractivity contribution in [3.8, 4) is 0 Å². The fourth-order valence-corrected chi connectivity index (χ4v) is 11.9. The first-order valence-electron chi connectivity index (χ1n) is 41.7. The van der Waals surface area contributed by atoms with Gasteiger partial charge in [-0.1, -0.05) is 312 Å². The van der Waals surface area contributed by atoms with Crippen LogP contribution in [0.4, 0.5) is 0 Å². The van der Waals surface area contributed by atoms with E-state index in [0.717, 1.165) is 161 Å². The van der Waals surface area contributed by atoms with Crippen molar-refractivity contribution >= 4 is 39.5 Å². The van der Waals surface area contributed by atoms with Gasteiger partial charge in [0.2, 0.25) is 0 Å². The topological polar surface area (TPSA) is 237 Å². The number of aliphatic hydroxyl groups excluding tert-OH is 1. The second kappa shape index (κ2) is 80.9. The first-order chi connectivity index (χ1) is 53.7. The van der Waals surface area contributed by atoms with Crippen molar-refractivity contribution in [3.05, 3.63) is 194 Å². The Kier molecular flexibility index (Phi) is 76.4. The molecule has 0 spiro atoms. The van der Waals surface area contributed by atoms with Crippen LogP contribution in [0, 0.1) is 0 Å². The highest BCUT2D eigenvalue weighted by Gasteiger charge is 2.30. The lowest BCUT2D eigenvalue weighted by molar-refractivity contribution is -0.161. The molecule has 5 unspecified atom stereocenters. The fraction of sp³-hybridized carbons (Fsp3) is 0.604. The predicted octanol–water partition coefficient (Wildman–Crippen LogP) is 24.9. The van der Waals surface area contributed by atoms with Crippen molar-refractivity contribution < 1.29 is 80.2 Å². The van der Waals surface area contributed by atoms with E-state index in [1.807, 2.05) is 18.2 Å². The lowest BCUT2D eigenvalue weighted by atomic mass is 10.0. The van der Waals surface area contributed by atoms with Crippen LogP contribution in [0.3, 0.4) is 0 Å². The number of hydrogen-bond acceptors (Lipinski definition) is 15. The smallest absolute Gasteiger partial charge is 0.462 e. The van der Waals surface area contributed by atoms with E-state index in [4.69, 9.17) is 37.0 Å². The maximum atomic E-state index is 13.1. The number of phosphoric acid groups is 2. The molecule has 0 saturated heterocycles. The molecule has 0 aromatic carbocycles. The molecule has 5 atom stereocenters. The van der Waals surface area contributed by atoms with Crippen LogP contribution >= 0.6 is 15.6 Å². The second-order valence-corrected chi connectivity index (χ2v) is 29.8. The lowest BCUT2D eigenvalue weighted by Gasteiger charge is -2.21. The van der Waals surface area contributed by atoms with E-state index in [1.165, 1.54) is 51.4 Å². The van der Waals surface area contributed by atoms with Crippen LogP contribution < -0.4 is 0 Å². The highest BCUT2D eigenvalue weighted by Crippen LogP contribution is 2.45. The summed E-state index contributed by atoms with van der Waals surface area (Å²) in [5.41, 5.74) is 0. The van der Waals surface area contributed by atoms with Crippen molar-refractivity contribution in [3.63, 3.8) is 0 Å². The Bertz CT molecular complexity index is 2850. The molecule has 0 saturated carbocycles. The van der Waals surface area contributed by atoms with Crippen LogP contribution in [0.25, 0.3) is 0 Å². The largest absolute Gasteiger partial charge is 0.472 e. The number of carbonyl (C=O) groups excluding carboxylic acids is 4. The summed E-state index contributed by atoms with van der Waals surface area (Å²) in [6.07, 6.45) is 99.9. The monoisotopic (exact) mass is 1570 g/mol. The third-order valence-electron chi connectivity index (χ3n) is 16.6. The standard InChI is InChI=1S/C91H146O17P2/c1-5-9-13-17-21-25-29-33-36-39-42-45-48-52-55-59-63-67-71-75-88(93)101-81-86(107-90(95)77-73-69-65-61-57-51-32-28-24-20-16-12-8-4)83-105-109(97,98)103-79-85(92)80-104-110(99,100)106-84-87(108-91(96)78-74-70-66-62-58-54-50-47-44-41-38-35-31-27-23-19-15-11-7-3)82-102-89(94)76-72-68-64-60-56-53-49-46-43-40-37-34-30-26-22-18-14-10-6-2/h9-11,13-15,21-23,25-27,33-38,42-47,52-56,58,63,67,85-87,92H,5-8,12,16-20,24,28-32,39-41,48-51,57,59-62,64-66,68-84H2,1-4H3,(H,97,98)(H,99,100)/b13-9-,14-10-,15-11-,25-21-,26-22-,27-23-,36-33-,37-34-,38-35-,45-42-,46-43-,47-44-,55-52-,56-53-,58-54-,67-63-. The van der Waals surface area contributed by atoms with Crippen molar-refractivity contribution in [2.24, 2.45) is 0 Å². The minimum absolute atomic E-state index is 0.0302. The Labute approximate surface area is 666 Å². The van der Waals surface area contributed by atoms with Crippen molar-refractivity contribution in [2.75, 3.05) is 39.6 Å². The Hall–Kier alpha value is -6.10. The highest BCUT2D eigenvalue weighted by molar-refractivity contribution is 7.47. The van der Waals surface area contributed by atoms with Gasteiger partial charge in [0, 0.05) is 25.7 Å². The molecule has 0 aromatic rings. The Morgan fingerprint density at radius 3 is 0.782 bits per heavy atom. The summed E-state index contributed by atoms with van der Waals surface area (Å²) in [6, 6.07) is 0. The zero-order valence-electron chi connectivity index (χ0n) is 68.1. The van der Waals surface area contributed by atoms with E-state index in [-0.39, 0.29) is 25.7 Å². The van der Waals surface area contributed by atoms with Crippen LogP contribution in [-0.4, -0.2) is 96.7 Å². The van der Waals surface area contributed by atoms with E-state index < -0.39 is 97.5 Å². The molecule has 0 heterocycles. The molecule has 17 nitrogen and oxygen atoms in total. The number of ether oxygens (including phenoxy) is 4. The van der Waals surface area contributed by atoms with Gasteiger partial charge in [0.05, 0.1) is 26.4 Å². The van der Waals surface area contributed by atoms with Crippen LogP contribution in [0.1, 0.15) is 297 Å². The van der Waals surface area contributed by atoms with Gasteiger partial charge in [-0.3, -0.25) is 37.3 Å². The van der Waals surface area contributed by atoms with Crippen molar-refractivity contribution in [1.82, 2.24) is 0 Å². The zero-order chi connectivity index (χ0) is 80.3. The summed E-state index contributed by atoms with van der Waals surface area (Å²) in [4.78, 5) is 73.2. The summed E-state index contributed by atoms with van der Waals surface area (Å²) < 4.78 is 68.6. The van der Waals surface area contributed by atoms with E-state index >= 15 is 0 Å². The molecule has 0 rings (SSSR count). The quantitative estimate of drug-likeness (QED) is 0.0169. The van der Waals surface area contributed by atoms with E-state index in [9.17, 15) is 43.2 Å². The molecule has 0 radical (unpaired) electrons. The van der Waals surface area contributed by atoms with E-state index in [1.54, 1.807) is 0 Å². The molecule has 0 aliphatic heterocycles. The van der Waals surface area contributed by atoms with Gasteiger partial charge >= 0.3 is 39.5 Å². The van der Waals surface area contributed by atoms with Gasteiger partial charge in [0.15, 0.2) is 12.2 Å². The average Bonchev–Trinajstić information content (AvgIpc) is 0.942. The van der Waals surface area contributed by atoms with Gasteiger partial charge in [-0.25, -0.2) is 9.13 Å². The van der Waals surface area contributed by atoms with Gasteiger partial charge in [-0.05, 0) is 154 Å². The molecule has 0 aromatic heterocycles. The number of allylic oxidation sites excluding steroid dienone is 32. The van der Waals surface area contributed by atoms with Crippen LogP contribution in [0.15, 0.2) is 194 Å². The molecule has 110 heavy (non-hydrogen) atoms. The number of unbranched alkanes of at least 4 members (excludes halogenated alkanes) is 18. The van der Waals surface area contributed by atoms with Gasteiger partial charge in [0.1, 0.15) is 19.3 Å². The molecular formula is C91H146O17P2. The second-order valence-electron chi connectivity index (χ2n) is 26.9. The number of rotatable bonds is 76. The van der Waals surface area contributed by atoms with Gasteiger partial charge in [-0.15, -0.1) is 0 Å². The maximum absolute atomic E-state index is 13.1. The van der Waals surface area contributed by atoms with Crippen LogP contribution in [-0.2, 0) is 65.4 Å². The number of phosphoric ester groups is 2. The fourth-order valence-electron chi connectivity index (χ4n) is 10.4. The van der Waals surface area contributed by atoms with Crippen molar-refractivity contribution in [1.29, 1.82) is 0 Å². The summed E-state index contributed by atoms with van der Waals surface area (Å²) in [6.45, 7) is 4.36. The molecule has 622 valence electrons. The Morgan fingerprint density at radius 1 is 0.264 bits per heavy atom. The molecule has 0 bridgehead atoms. The number of hydrogen-bond donors (Lipinski definition) is 3. The summed E-state index contributed by atoms with van der Waals surface area (Å²) >= 11 is 0. The van der Waals surface area contributed by atoms with E-state index in [2.05, 4.69) is 204 Å². The molecule has 0 aliphatic carbocycles. The van der Waals surface area contributed by atoms with Gasteiger partial charge in [0.25, 0.3) is 0 Å². The molecule has 19 heteroatoms. The van der Waals surface area contributed by atoms with Crippen LogP contribution in [0.5, 0.6) is 0 Å². The Balaban J connectivity index is 5.51. The summed E-state index contributed by atoms with van der Waals surface area (Å²) in [5.74, 6) is -2.36.